The molecule has 0 saturated carbocycles. The first-order chi connectivity index (χ1) is 9.27. The number of rotatable bonds is 4. The quantitative estimate of drug-likeness (QED) is 0.817. The van der Waals surface area contributed by atoms with Crippen molar-refractivity contribution < 1.29 is 14.7 Å². The second-order valence-corrected chi connectivity index (χ2v) is 6.58. The number of aliphatic hydroxyl groups excluding tert-OH is 1. The topological polar surface area (TPSA) is 69.6 Å². The van der Waals surface area contributed by atoms with E-state index < -0.39 is 6.10 Å². The number of carbonyl (C=O) groups excluding carboxylic acids is 2. The van der Waals surface area contributed by atoms with Crippen LogP contribution in [-0.2, 0) is 9.59 Å². The van der Waals surface area contributed by atoms with E-state index in [9.17, 15) is 14.7 Å². The van der Waals surface area contributed by atoms with Crippen LogP contribution in [0.5, 0.6) is 0 Å². The van der Waals surface area contributed by atoms with E-state index in [4.69, 9.17) is 0 Å². The number of aliphatic hydroxyl groups is 1. The molecule has 0 aromatic rings. The Kier molecular flexibility index (Phi) is 5.99. The number of carbonyl (C=O) groups is 2. The minimum Gasteiger partial charge on any atom is -0.391 e. The molecule has 0 radical (unpaired) electrons. The smallest absolute Gasteiger partial charge is 0.242 e. The van der Waals surface area contributed by atoms with Gasteiger partial charge in [0.25, 0.3) is 0 Å². The molecule has 20 heavy (non-hydrogen) atoms. The summed E-state index contributed by atoms with van der Waals surface area (Å²) < 4.78 is 0. The Morgan fingerprint density at radius 3 is 2.55 bits per heavy atom. The molecule has 1 saturated heterocycles. The number of nitrogens with zero attached hydrogens (tertiary/aromatic N) is 1. The maximum absolute atomic E-state index is 12.2. The third-order valence-corrected chi connectivity index (χ3v) is 3.90. The Bertz CT molecular complexity index is 350. The fourth-order valence-electron chi connectivity index (χ4n) is 2.33. The zero-order valence-corrected chi connectivity index (χ0v) is 13.1. The van der Waals surface area contributed by atoms with E-state index in [2.05, 4.69) is 5.32 Å². The van der Waals surface area contributed by atoms with E-state index in [0.29, 0.717) is 19.4 Å². The third-order valence-electron chi connectivity index (χ3n) is 3.90. The van der Waals surface area contributed by atoms with Gasteiger partial charge in [-0.1, -0.05) is 27.7 Å². The van der Waals surface area contributed by atoms with Crippen molar-refractivity contribution in [3.05, 3.63) is 0 Å². The lowest BCUT2D eigenvalue weighted by Gasteiger charge is -2.35. The normalized spacial score (nSPS) is 21.4. The van der Waals surface area contributed by atoms with E-state index in [1.165, 1.54) is 0 Å². The molecule has 0 spiro atoms. The molecule has 2 N–H and O–H groups in total. The van der Waals surface area contributed by atoms with Gasteiger partial charge in [-0.2, -0.15) is 0 Å². The van der Waals surface area contributed by atoms with Crippen LogP contribution in [0.1, 0.15) is 53.4 Å². The maximum atomic E-state index is 12.2. The van der Waals surface area contributed by atoms with Crippen LogP contribution in [0.3, 0.4) is 0 Å². The van der Waals surface area contributed by atoms with E-state index in [1.54, 1.807) is 4.90 Å². The largest absolute Gasteiger partial charge is 0.391 e. The highest BCUT2D eigenvalue weighted by Crippen LogP contribution is 2.20. The number of nitrogens with one attached hydrogen (secondary N) is 1. The summed E-state index contributed by atoms with van der Waals surface area (Å²) in [7, 11) is 0. The molecular formula is C15H28N2O3. The summed E-state index contributed by atoms with van der Waals surface area (Å²) >= 11 is 0. The van der Waals surface area contributed by atoms with Gasteiger partial charge < -0.3 is 15.3 Å². The Morgan fingerprint density at radius 1 is 1.35 bits per heavy atom. The van der Waals surface area contributed by atoms with Crippen molar-refractivity contribution in [2.45, 2.75) is 65.5 Å². The van der Waals surface area contributed by atoms with E-state index in [0.717, 1.165) is 12.8 Å². The molecule has 2 atom stereocenters. The monoisotopic (exact) mass is 284 g/mol. The second kappa shape index (κ2) is 7.07. The van der Waals surface area contributed by atoms with E-state index in [1.807, 2.05) is 27.7 Å². The van der Waals surface area contributed by atoms with Gasteiger partial charge in [0.2, 0.25) is 11.8 Å². The molecule has 2 amide bonds. The Hall–Kier alpha value is -1.10. The lowest BCUT2D eigenvalue weighted by atomic mass is 9.89. The van der Waals surface area contributed by atoms with Crippen molar-refractivity contribution in [3.63, 3.8) is 0 Å². The van der Waals surface area contributed by atoms with Gasteiger partial charge in [0.15, 0.2) is 0 Å². The third kappa shape index (κ3) is 4.47. The first-order valence-corrected chi connectivity index (χ1v) is 7.52. The average molecular weight is 284 g/mol. The highest BCUT2D eigenvalue weighted by molar-refractivity contribution is 5.87. The molecule has 5 nitrogen and oxygen atoms in total. The number of piperidine rings is 1. The lowest BCUT2D eigenvalue weighted by molar-refractivity contribution is -0.142. The van der Waals surface area contributed by atoms with Crippen molar-refractivity contribution in [2.24, 2.45) is 5.41 Å². The fraction of sp³-hybridized carbons (Fsp3) is 0.867. The van der Waals surface area contributed by atoms with Gasteiger partial charge in [-0.05, 0) is 24.7 Å². The van der Waals surface area contributed by atoms with Gasteiger partial charge in [0.1, 0.15) is 6.04 Å². The highest BCUT2D eigenvalue weighted by Gasteiger charge is 2.32. The summed E-state index contributed by atoms with van der Waals surface area (Å²) in [6, 6.07) is -0.372. The summed E-state index contributed by atoms with van der Waals surface area (Å²) in [5.74, 6) is -0.115. The maximum Gasteiger partial charge on any atom is 0.242 e. The minimum atomic E-state index is -0.592. The number of likely N-dealkylation sites (tertiary alicyclic amines) is 1. The lowest BCUT2D eigenvalue weighted by Crippen LogP contribution is -2.53. The Labute approximate surface area is 121 Å². The summed E-state index contributed by atoms with van der Waals surface area (Å²) in [6.07, 6.45) is 2.47. The molecule has 1 aliphatic rings. The Balaban J connectivity index is 2.58. The van der Waals surface area contributed by atoms with Crippen LogP contribution < -0.4 is 5.32 Å². The van der Waals surface area contributed by atoms with Gasteiger partial charge in [-0.3, -0.25) is 9.59 Å². The van der Waals surface area contributed by atoms with Gasteiger partial charge in [-0.25, -0.2) is 0 Å². The number of hydrogen-bond donors (Lipinski definition) is 2. The molecule has 5 heteroatoms. The zero-order chi connectivity index (χ0) is 15.3. The van der Waals surface area contributed by atoms with Gasteiger partial charge in [-0.15, -0.1) is 0 Å². The zero-order valence-electron chi connectivity index (χ0n) is 13.1. The molecule has 1 aliphatic heterocycles. The molecule has 2 unspecified atom stereocenters. The summed E-state index contributed by atoms with van der Waals surface area (Å²) in [4.78, 5) is 25.8. The van der Waals surface area contributed by atoms with Gasteiger partial charge in [0.05, 0.1) is 6.10 Å². The number of hydrogen-bond acceptors (Lipinski definition) is 3. The fourth-order valence-corrected chi connectivity index (χ4v) is 2.33. The van der Waals surface area contributed by atoms with Crippen LogP contribution in [0.25, 0.3) is 0 Å². The van der Waals surface area contributed by atoms with E-state index in [-0.39, 0.29) is 29.8 Å². The van der Waals surface area contributed by atoms with Crippen LogP contribution in [0.15, 0.2) is 0 Å². The predicted molar refractivity (Wildman–Crippen MR) is 78.1 cm³/mol. The Morgan fingerprint density at radius 2 is 2.00 bits per heavy atom. The van der Waals surface area contributed by atoms with Crippen LogP contribution in [-0.4, -0.2) is 47.1 Å². The molecule has 0 aromatic carbocycles. The van der Waals surface area contributed by atoms with Gasteiger partial charge in [0, 0.05) is 19.5 Å². The molecule has 0 bridgehead atoms. The van der Waals surface area contributed by atoms with Gasteiger partial charge >= 0.3 is 0 Å². The second-order valence-electron chi connectivity index (χ2n) is 6.58. The summed E-state index contributed by atoms with van der Waals surface area (Å²) in [5, 5.41) is 12.7. The molecule has 0 aliphatic carbocycles. The van der Waals surface area contributed by atoms with Crippen molar-refractivity contribution >= 4 is 11.8 Å². The molecular weight excluding hydrogens is 256 g/mol. The SMILES string of the molecule is CCC(=O)N1CCCCC1C(=O)NCC(O)C(C)(C)C. The van der Waals surface area contributed by atoms with Crippen LogP contribution in [0.2, 0.25) is 0 Å². The predicted octanol–water partition coefficient (Wildman–Crippen LogP) is 1.30. The first kappa shape index (κ1) is 17.0. The summed E-state index contributed by atoms with van der Waals surface area (Å²) in [5.41, 5.74) is -0.265. The summed E-state index contributed by atoms with van der Waals surface area (Å²) in [6.45, 7) is 8.49. The van der Waals surface area contributed by atoms with Crippen molar-refractivity contribution in [3.8, 4) is 0 Å². The number of amides is 2. The van der Waals surface area contributed by atoms with Crippen LogP contribution in [0, 0.1) is 5.41 Å². The van der Waals surface area contributed by atoms with Crippen molar-refractivity contribution in [1.82, 2.24) is 10.2 Å². The van der Waals surface area contributed by atoms with Crippen molar-refractivity contribution in [2.75, 3.05) is 13.1 Å². The van der Waals surface area contributed by atoms with E-state index >= 15 is 0 Å². The molecule has 1 fully saturated rings. The average Bonchev–Trinajstić information content (AvgIpc) is 2.42. The highest BCUT2D eigenvalue weighted by atomic mass is 16.3. The van der Waals surface area contributed by atoms with Crippen LogP contribution >= 0.6 is 0 Å². The molecule has 0 aromatic heterocycles. The standard InChI is InChI=1S/C15H28N2O3/c1-5-13(19)17-9-7-6-8-11(17)14(20)16-10-12(18)15(2,3)4/h11-12,18H,5-10H2,1-4H3,(H,16,20). The molecule has 1 rings (SSSR count). The first-order valence-electron chi connectivity index (χ1n) is 7.52. The minimum absolute atomic E-state index is 0.0289. The van der Waals surface area contributed by atoms with Crippen molar-refractivity contribution in [1.29, 1.82) is 0 Å². The van der Waals surface area contributed by atoms with Crippen LogP contribution in [0.4, 0.5) is 0 Å². The molecule has 1 heterocycles. The molecule has 116 valence electrons.